The third-order valence-electron chi connectivity index (χ3n) is 3.35. The number of amides is 1. The fourth-order valence-corrected chi connectivity index (χ4v) is 2.17. The number of carbonyl (C=O) groups excluding carboxylic acids is 1. The number of H-pyrrole nitrogens is 1. The summed E-state index contributed by atoms with van der Waals surface area (Å²) in [4.78, 5) is 32.8. The van der Waals surface area contributed by atoms with Crippen molar-refractivity contribution in [2.45, 2.75) is 20.3 Å². The Morgan fingerprint density at radius 3 is 2.41 bits per heavy atom. The van der Waals surface area contributed by atoms with Crippen LogP contribution < -0.4 is 15.8 Å². The molecule has 0 spiro atoms. The third-order valence-corrected chi connectivity index (χ3v) is 3.35. The molecule has 1 amide bonds. The number of aromatic nitrogens is 2. The summed E-state index contributed by atoms with van der Waals surface area (Å²) < 4.78 is 0. The standard InChI is InChI=1S/C16H20N4O2/c1-10-14(16(22)18-11(2)17-10)9-15(21)19-12-5-7-13(8-6-12)20(3)4/h5-8H,9H2,1-4H3,(H,19,21)(H,17,18,22). The molecule has 2 N–H and O–H groups in total. The molecule has 2 aromatic rings. The Balaban J connectivity index is 2.09. The highest BCUT2D eigenvalue weighted by molar-refractivity contribution is 5.92. The maximum absolute atomic E-state index is 12.1. The maximum Gasteiger partial charge on any atom is 0.254 e. The highest BCUT2D eigenvalue weighted by Gasteiger charge is 2.12. The second kappa shape index (κ2) is 6.43. The summed E-state index contributed by atoms with van der Waals surface area (Å²) in [6, 6.07) is 7.50. The molecule has 6 nitrogen and oxygen atoms in total. The van der Waals surface area contributed by atoms with E-state index in [2.05, 4.69) is 15.3 Å². The first-order valence-corrected chi connectivity index (χ1v) is 7.00. The normalized spacial score (nSPS) is 10.4. The molecule has 0 saturated carbocycles. The van der Waals surface area contributed by atoms with Crippen molar-refractivity contribution in [1.82, 2.24) is 9.97 Å². The van der Waals surface area contributed by atoms with Crippen LogP contribution in [0.15, 0.2) is 29.1 Å². The molecule has 0 atom stereocenters. The van der Waals surface area contributed by atoms with Crippen LogP contribution in [0.1, 0.15) is 17.1 Å². The highest BCUT2D eigenvalue weighted by atomic mass is 16.2. The molecule has 1 heterocycles. The van der Waals surface area contributed by atoms with Gasteiger partial charge in [0.1, 0.15) is 5.82 Å². The van der Waals surface area contributed by atoms with Crippen LogP contribution in [-0.2, 0) is 11.2 Å². The second-order valence-electron chi connectivity index (χ2n) is 5.38. The molecular formula is C16H20N4O2. The van der Waals surface area contributed by atoms with Gasteiger partial charge in [0, 0.05) is 36.7 Å². The second-order valence-corrected chi connectivity index (χ2v) is 5.38. The zero-order valence-electron chi connectivity index (χ0n) is 13.2. The minimum absolute atomic E-state index is 0.00385. The zero-order chi connectivity index (χ0) is 16.3. The van der Waals surface area contributed by atoms with Crippen molar-refractivity contribution < 1.29 is 4.79 Å². The molecule has 0 aliphatic carbocycles. The van der Waals surface area contributed by atoms with Crippen LogP contribution in [0.5, 0.6) is 0 Å². The molecule has 116 valence electrons. The number of hydrogen-bond donors (Lipinski definition) is 2. The number of nitrogens with one attached hydrogen (secondary N) is 2. The van der Waals surface area contributed by atoms with E-state index in [1.165, 1.54) is 0 Å². The van der Waals surface area contributed by atoms with Crippen LogP contribution >= 0.6 is 0 Å². The quantitative estimate of drug-likeness (QED) is 0.899. The molecular weight excluding hydrogens is 280 g/mol. The van der Waals surface area contributed by atoms with Gasteiger partial charge in [0.2, 0.25) is 5.91 Å². The van der Waals surface area contributed by atoms with Crippen LogP contribution in [0.3, 0.4) is 0 Å². The molecule has 0 aliphatic heterocycles. The van der Waals surface area contributed by atoms with E-state index in [4.69, 9.17) is 0 Å². The van der Waals surface area contributed by atoms with Gasteiger partial charge in [0.15, 0.2) is 0 Å². The van der Waals surface area contributed by atoms with Crippen LogP contribution in [0.2, 0.25) is 0 Å². The largest absolute Gasteiger partial charge is 0.378 e. The van der Waals surface area contributed by atoms with E-state index in [0.717, 1.165) is 5.69 Å². The predicted molar refractivity (Wildman–Crippen MR) is 87.4 cm³/mol. The first-order chi connectivity index (χ1) is 10.4. The van der Waals surface area contributed by atoms with Crippen molar-refractivity contribution in [3.8, 4) is 0 Å². The summed E-state index contributed by atoms with van der Waals surface area (Å²) >= 11 is 0. The molecule has 0 fully saturated rings. The van der Waals surface area contributed by atoms with E-state index in [0.29, 0.717) is 22.8 Å². The van der Waals surface area contributed by atoms with Gasteiger partial charge in [-0.05, 0) is 38.1 Å². The lowest BCUT2D eigenvalue weighted by molar-refractivity contribution is -0.115. The number of carbonyl (C=O) groups is 1. The van der Waals surface area contributed by atoms with Crippen molar-refractivity contribution in [2.75, 3.05) is 24.3 Å². The maximum atomic E-state index is 12.1. The predicted octanol–water partition coefficient (Wildman–Crippen LogP) is 1.63. The monoisotopic (exact) mass is 300 g/mol. The summed E-state index contributed by atoms with van der Waals surface area (Å²) in [5, 5.41) is 2.79. The Hall–Kier alpha value is -2.63. The molecule has 0 radical (unpaired) electrons. The fourth-order valence-electron chi connectivity index (χ4n) is 2.17. The summed E-state index contributed by atoms with van der Waals surface area (Å²) in [7, 11) is 3.90. The molecule has 0 bridgehead atoms. The molecule has 0 saturated heterocycles. The number of nitrogens with zero attached hydrogens (tertiary/aromatic N) is 2. The Labute approximate surface area is 129 Å². The van der Waals surface area contributed by atoms with Gasteiger partial charge < -0.3 is 15.2 Å². The molecule has 2 rings (SSSR count). The van der Waals surface area contributed by atoms with E-state index in [1.807, 2.05) is 43.3 Å². The summed E-state index contributed by atoms with van der Waals surface area (Å²) in [5.74, 6) is 0.308. The third kappa shape index (κ3) is 3.72. The number of benzene rings is 1. The van der Waals surface area contributed by atoms with Crippen LogP contribution in [0.4, 0.5) is 11.4 Å². The number of aryl methyl sites for hydroxylation is 2. The van der Waals surface area contributed by atoms with E-state index in [9.17, 15) is 9.59 Å². The topological polar surface area (TPSA) is 78.1 Å². The molecule has 6 heteroatoms. The molecule has 22 heavy (non-hydrogen) atoms. The van der Waals surface area contributed by atoms with Gasteiger partial charge >= 0.3 is 0 Å². The lowest BCUT2D eigenvalue weighted by Crippen LogP contribution is -2.24. The zero-order valence-corrected chi connectivity index (χ0v) is 13.2. The van der Waals surface area contributed by atoms with Gasteiger partial charge in [-0.2, -0.15) is 0 Å². The lowest BCUT2D eigenvalue weighted by atomic mass is 10.1. The number of rotatable bonds is 4. The van der Waals surface area contributed by atoms with Crippen LogP contribution in [0.25, 0.3) is 0 Å². The van der Waals surface area contributed by atoms with Crippen molar-refractivity contribution in [3.63, 3.8) is 0 Å². The first-order valence-electron chi connectivity index (χ1n) is 7.00. The van der Waals surface area contributed by atoms with E-state index < -0.39 is 0 Å². The Kier molecular flexibility index (Phi) is 4.60. The number of hydrogen-bond acceptors (Lipinski definition) is 4. The summed E-state index contributed by atoms with van der Waals surface area (Å²) in [6.45, 7) is 3.45. The lowest BCUT2D eigenvalue weighted by Gasteiger charge is -2.13. The smallest absolute Gasteiger partial charge is 0.254 e. The Morgan fingerprint density at radius 2 is 1.86 bits per heavy atom. The Bertz CT molecular complexity index is 733. The minimum atomic E-state index is -0.261. The Morgan fingerprint density at radius 1 is 1.23 bits per heavy atom. The average Bonchev–Trinajstić information content (AvgIpc) is 2.43. The molecule has 1 aromatic heterocycles. The van der Waals surface area contributed by atoms with Gasteiger partial charge in [0.05, 0.1) is 6.42 Å². The van der Waals surface area contributed by atoms with Gasteiger partial charge in [-0.15, -0.1) is 0 Å². The van der Waals surface area contributed by atoms with Crippen LogP contribution in [0, 0.1) is 13.8 Å². The van der Waals surface area contributed by atoms with E-state index >= 15 is 0 Å². The molecule has 0 unspecified atom stereocenters. The van der Waals surface area contributed by atoms with Crippen molar-refractivity contribution >= 4 is 17.3 Å². The first kappa shape index (κ1) is 15.8. The van der Waals surface area contributed by atoms with Crippen molar-refractivity contribution in [1.29, 1.82) is 0 Å². The molecule has 1 aromatic carbocycles. The van der Waals surface area contributed by atoms with Gasteiger partial charge in [-0.1, -0.05) is 0 Å². The minimum Gasteiger partial charge on any atom is -0.378 e. The number of aromatic amines is 1. The fraction of sp³-hybridized carbons (Fsp3) is 0.312. The van der Waals surface area contributed by atoms with E-state index in [1.54, 1.807) is 13.8 Å². The van der Waals surface area contributed by atoms with Crippen LogP contribution in [-0.4, -0.2) is 30.0 Å². The van der Waals surface area contributed by atoms with Gasteiger partial charge in [-0.25, -0.2) is 4.98 Å². The number of anilines is 2. The van der Waals surface area contributed by atoms with Gasteiger partial charge in [0.25, 0.3) is 5.56 Å². The van der Waals surface area contributed by atoms with Gasteiger partial charge in [-0.3, -0.25) is 9.59 Å². The average molecular weight is 300 g/mol. The SMILES string of the molecule is Cc1nc(C)c(CC(=O)Nc2ccc(N(C)C)cc2)c(=O)[nH]1. The summed E-state index contributed by atoms with van der Waals surface area (Å²) in [6.07, 6.45) is 0.00385. The van der Waals surface area contributed by atoms with Crippen molar-refractivity contribution in [3.05, 3.63) is 51.7 Å². The summed E-state index contributed by atoms with van der Waals surface area (Å²) in [5.41, 5.74) is 2.47. The molecule has 0 aliphatic rings. The van der Waals surface area contributed by atoms with E-state index in [-0.39, 0.29) is 17.9 Å². The highest BCUT2D eigenvalue weighted by Crippen LogP contribution is 2.15. The van der Waals surface area contributed by atoms with Crippen molar-refractivity contribution in [2.24, 2.45) is 0 Å².